The fourth-order valence-corrected chi connectivity index (χ4v) is 2.92. The van der Waals surface area contributed by atoms with E-state index in [0.29, 0.717) is 12.5 Å². The number of amides is 1. The van der Waals surface area contributed by atoms with Gasteiger partial charge in [0.2, 0.25) is 5.91 Å². The third-order valence-electron chi connectivity index (χ3n) is 4.56. The van der Waals surface area contributed by atoms with Crippen molar-refractivity contribution < 1.29 is 4.79 Å². The molecule has 0 bridgehead atoms. The van der Waals surface area contributed by atoms with Crippen molar-refractivity contribution in [2.24, 2.45) is 11.7 Å². The zero-order valence-electron chi connectivity index (χ0n) is 13.4. The fraction of sp³-hybridized carbons (Fsp3) is 0.588. The smallest absolute Gasteiger partial charge is 0.238 e. The monoisotopic (exact) mass is 289 g/mol. The number of aryl methyl sites for hydroxylation is 2. The number of rotatable bonds is 4. The molecule has 21 heavy (non-hydrogen) atoms. The number of piperidine rings is 1. The SMILES string of the molecule is CCC1CN(CC(=O)Nc2ccc(C)c(C)c2)CCC1N. The molecule has 0 radical (unpaired) electrons. The van der Waals surface area contributed by atoms with E-state index < -0.39 is 0 Å². The molecule has 0 aromatic heterocycles. The average Bonchev–Trinajstić information content (AvgIpc) is 2.45. The first-order valence-electron chi connectivity index (χ1n) is 7.84. The molecule has 0 saturated carbocycles. The second-order valence-corrected chi connectivity index (χ2v) is 6.20. The van der Waals surface area contributed by atoms with Gasteiger partial charge in [0.05, 0.1) is 6.54 Å². The molecule has 1 fully saturated rings. The number of anilines is 1. The Morgan fingerprint density at radius 3 is 2.81 bits per heavy atom. The van der Waals surface area contributed by atoms with Crippen LogP contribution in [0.1, 0.15) is 30.9 Å². The molecule has 1 aliphatic rings. The van der Waals surface area contributed by atoms with E-state index in [1.54, 1.807) is 0 Å². The number of likely N-dealkylation sites (tertiary alicyclic amines) is 1. The van der Waals surface area contributed by atoms with Gasteiger partial charge in [0, 0.05) is 24.8 Å². The van der Waals surface area contributed by atoms with Crippen molar-refractivity contribution in [3.05, 3.63) is 29.3 Å². The summed E-state index contributed by atoms with van der Waals surface area (Å²) >= 11 is 0. The Kier molecular flexibility index (Phi) is 5.37. The summed E-state index contributed by atoms with van der Waals surface area (Å²) in [5.74, 6) is 0.566. The van der Waals surface area contributed by atoms with Gasteiger partial charge in [-0.3, -0.25) is 9.69 Å². The Balaban J connectivity index is 1.88. The predicted octanol–water partition coefficient (Wildman–Crippen LogP) is 2.30. The molecule has 3 N–H and O–H groups in total. The van der Waals surface area contributed by atoms with E-state index in [9.17, 15) is 4.79 Å². The Morgan fingerprint density at radius 2 is 2.14 bits per heavy atom. The quantitative estimate of drug-likeness (QED) is 0.894. The van der Waals surface area contributed by atoms with E-state index in [2.05, 4.69) is 31.0 Å². The highest BCUT2D eigenvalue weighted by molar-refractivity contribution is 5.92. The number of carbonyl (C=O) groups is 1. The molecule has 2 atom stereocenters. The summed E-state index contributed by atoms with van der Waals surface area (Å²) in [5, 5.41) is 2.99. The molecule has 1 aromatic carbocycles. The Labute approximate surface area is 127 Å². The lowest BCUT2D eigenvalue weighted by Crippen LogP contribution is -2.48. The molecule has 4 nitrogen and oxygen atoms in total. The topological polar surface area (TPSA) is 58.4 Å². The molecule has 2 unspecified atom stereocenters. The maximum atomic E-state index is 12.2. The van der Waals surface area contributed by atoms with Gasteiger partial charge in [-0.1, -0.05) is 19.4 Å². The lowest BCUT2D eigenvalue weighted by atomic mass is 9.91. The summed E-state index contributed by atoms with van der Waals surface area (Å²) < 4.78 is 0. The molecular formula is C17H27N3O. The maximum absolute atomic E-state index is 12.2. The van der Waals surface area contributed by atoms with Crippen LogP contribution in [0.25, 0.3) is 0 Å². The van der Waals surface area contributed by atoms with Crippen molar-refractivity contribution in [1.29, 1.82) is 0 Å². The molecule has 1 heterocycles. The second-order valence-electron chi connectivity index (χ2n) is 6.20. The first kappa shape index (κ1) is 16.0. The standard InChI is InChI=1S/C17H27N3O/c1-4-14-10-20(8-7-16(14)18)11-17(21)19-15-6-5-12(2)13(3)9-15/h5-6,9,14,16H,4,7-8,10-11,18H2,1-3H3,(H,19,21). The molecule has 4 heteroatoms. The van der Waals surface area contributed by atoms with Gasteiger partial charge in [-0.15, -0.1) is 0 Å². The highest BCUT2D eigenvalue weighted by Crippen LogP contribution is 2.19. The van der Waals surface area contributed by atoms with E-state index >= 15 is 0 Å². The summed E-state index contributed by atoms with van der Waals surface area (Å²) in [6.45, 7) is 8.60. The van der Waals surface area contributed by atoms with Crippen molar-refractivity contribution in [2.45, 2.75) is 39.7 Å². The number of nitrogens with zero attached hydrogens (tertiary/aromatic N) is 1. The van der Waals surface area contributed by atoms with Gasteiger partial charge in [-0.25, -0.2) is 0 Å². The average molecular weight is 289 g/mol. The van der Waals surface area contributed by atoms with Gasteiger partial charge < -0.3 is 11.1 Å². The van der Waals surface area contributed by atoms with Crippen LogP contribution in [0, 0.1) is 19.8 Å². The van der Waals surface area contributed by atoms with Crippen molar-refractivity contribution in [2.75, 3.05) is 25.0 Å². The minimum atomic E-state index is 0.0589. The molecule has 1 saturated heterocycles. The summed E-state index contributed by atoms with van der Waals surface area (Å²) in [4.78, 5) is 14.4. The van der Waals surface area contributed by atoms with Crippen LogP contribution in [0.2, 0.25) is 0 Å². The van der Waals surface area contributed by atoms with Crippen LogP contribution in [0.4, 0.5) is 5.69 Å². The number of carbonyl (C=O) groups excluding carboxylic acids is 1. The van der Waals surface area contributed by atoms with E-state index in [-0.39, 0.29) is 11.9 Å². The molecular weight excluding hydrogens is 262 g/mol. The Hall–Kier alpha value is -1.39. The number of nitrogens with one attached hydrogen (secondary N) is 1. The third kappa shape index (κ3) is 4.29. The van der Waals surface area contributed by atoms with Gasteiger partial charge in [0.15, 0.2) is 0 Å². The first-order chi connectivity index (χ1) is 9.99. The van der Waals surface area contributed by atoms with E-state index in [0.717, 1.165) is 31.6 Å². The van der Waals surface area contributed by atoms with Crippen LogP contribution in [0.3, 0.4) is 0 Å². The van der Waals surface area contributed by atoms with Crippen molar-refractivity contribution >= 4 is 11.6 Å². The summed E-state index contributed by atoms with van der Waals surface area (Å²) in [7, 11) is 0. The highest BCUT2D eigenvalue weighted by Gasteiger charge is 2.26. The van der Waals surface area contributed by atoms with Crippen LogP contribution in [-0.4, -0.2) is 36.5 Å². The van der Waals surface area contributed by atoms with E-state index in [4.69, 9.17) is 5.73 Å². The van der Waals surface area contributed by atoms with Gasteiger partial charge in [0.25, 0.3) is 0 Å². The van der Waals surface area contributed by atoms with E-state index in [1.807, 2.05) is 18.2 Å². The molecule has 2 rings (SSSR count). The number of nitrogens with two attached hydrogens (primary N) is 1. The normalized spacial score (nSPS) is 23.0. The lowest BCUT2D eigenvalue weighted by Gasteiger charge is -2.36. The molecule has 1 aliphatic heterocycles. The van der Waals surface area contributed by atoms with Crippen LogP contribution in [0.5, 0.6) is 0 Å². The second kappa shape index (κ2) is 7.05. The first-order valence-corrected chi connectivity index (χ1v) is 7.84. The molecule has 1 amide bonds. The summed E-state index contributed by atoms with van der Waals surface area (Å²) in [6, 6.07) is 6.31. The zero-order chi connectivity index (χ0) is 15.4. The van der Waals surface area contributed by atoms with Crippen molar-refractivity contribution in [3.8, 4) is 0 Å². The lowest BCUT2D eigenvalue weighted by molar-refractivity contribution is -0.117. The number of hydrogen-bond acceptors (Lipinski definition) is 3. The van der Waals surface area contributed by atoms with Crippen LogP contribution in [-0.2, 0) is 4.79 Å². The number of benzene rings is 1. The largest absolute Gasteiger partial charge is 0.327 e. The van der Waals surface area contributed by atoms with Gasteiger partial charge in [-0.05, 0) is 49.4 Å². The Morgan fingerprint density at radius 1 is 1.38 bits per heavy atom. The van der Waals surface area contributed by atoms with Crippen molar-refractivity contribution in [1.82, 2.24) is 4.90 Å². The van der Waals surface area contributed by atoms with Gasteiger partial charge in [-0.2, -0.15) is 0 Å². The third-order valence-corrected chi connectivity index (χ3v) is 4.56. The predicted molar refractivity (Wildman–Crippen MR) is 87.4 cm³/mol. The minimum absolute atomic E-state index is 0.0589. The van der Waals surface area contributed by atoms with Gasteiger partial charge >= 0.3 is 0 Å². The van der Waals surface area contributed by atoms with Gasteiger partial charge in [0.1, 0.15) is 0 Å². The zero-order valence-corrected chi connectivity index (χ0v) is 13.4. The maximum Gasteiger partial charge on any atom is 0.238 e. The molecule has 116 valence electrons. The minimum Gasteiger partial charge on any atom is -0.327 e. The number of hydrogen-bond donors (Lipinski definition) is 2. The van der Waals surface area contributed by atoms with Crippen LogP contribution >= 0.6 is 0 Å². The molecule has 0 aliphatic carbocycles. The van der Waals surface area contributed by atoms with Crippen molar-refractivity contribution in [3.63, 3.8) is 0 Å². The molecule has 1 aromatic rings. The van der Waals surface area contributed by atoms with Crippen LogP contribution in [0.15, 0.2) is 18.2 Å². The van der Waals surface area contributed by atoms with Crippen LogP contribution < -0.4 is 11.1 Å². The Bertz CT molecular complexity index is 501. The summed E-state index contributed by atoms with van der Waals surface area (Å²) in [6.07, 6.45) is 2.06. The van der Waals surface area contributed by atoms with E-state index in [1.165, 1.54) is 11.1 Å². The summed E-state index contributed by atoms with van der Waals surface area (Å²) in [5.41, 5.74) is 9.42. The highest BCUT2D eigenvalue weighted by atomic mass is 16.2. The fourth-order valence-electron chi connectivity index (χ4n) is 2.92. The molecule has 0 spiro atoms.